The van der Waals surface area contributed by atoms with E-state index < -0.39 is 0 Å². The zero-order valence-electron chi connectivity index (χ0n) is 20.2. The highest BCUT2D eigenvalue weighted by atomic mass is 127. The van der Waals surface area contributed by atoms with Crippen LogP contribution in [0.5, 0.6) is 0 Å². The van der Waals surface area contributed by atoms with Crippen LogP contribution in [0.2, 0.25) is 0 Å². The number of amides is 1. The van der Waals surface area contributed by atoms with Crippen molar-refractivity contribution in [3.63, 3.8) is 0 Å². The summed E-state index contributed by atoms with van der Waals surface area (Å²) in [4.78, 5) is 20.6. The summed E-state index contributed by atoms with van der Waals surface area (Å²) in [5.74, 6) is 0.703. The predicted molar refractivity (Wildman–Crippen MR) is 143 cm³/mol. The largest absolute Gasteiger partial charge is 0.379 e. The monoisotopic (exact) mass is 559 g/mol. The van der Waals surface area contributed by atoms with Gasteiger partial charge in [0.2, 0.25) is 5.91 Å². The summed E-state index contributed by atoms with van der Waals surface area (Å²) < 4.78 is 5.42. The molecule has 0 unspecified atom stereocenters. The van der Waals surface area contributed by atoms with E-state index >= 15 is 0 Å². The molecular weight excluding hydrogens is 517 g/mol. The van der Waals surface area contributed by atoms with E-state index in [0.717, 1.165) is 65.2 Å². The summed E-state index contributed by atoms with van der Waals surface area (Å²) in [5.41, 5.74) is 1.37. The highest BCUT2D eigenvalue weighted by Crippen LogP contribution is 2.30. The molecule has 0 spiro atoms. The van der Waals surface area contributed by atoms with Crippen LogP contribution in [-0.2, 0) is 14.9 Å². The number of nitrogens with zero attached hydrogens (tertiary/aromatic N) is 3. The number of nitrogens with one attached hydrogen (secondary N) is 2. The zero-order valence-corrected chi connectivity index (χ0v) is 22.6. The predicted octanol–water partition coefficient (Wildman–Crippen LogP) is 2.71. The smallest absolute Gasteiger partial charge is 0.243 e. The van der Waals surface area contributed by atoms with Gasteiger partial charge in [0, 0.05) is 45.7 Å². The maximum absolute atomic E-state index is 12.1. The van der Waals surface area contributed by atoms with E-state index in [9.17, 15) is 4.79 Å². The molecule has 0 saturated carbocycles. The van der Waals surface area contributed by atoms with Gasteiger partial charge in [0.15, 0.2) is 5.96 Å². The van der Waals surface area contributed by atoms with Gasteiger partial charge in [-0.05, 0) is 31.4 Å². The number of aliphatic imine (C=N–C) groups is 1. The van der Waals surface area contributed by atoms with Gasteiger partial charge < -0.3 is 20.3 Å². The first kappa shape index (κ1) is 28.6. The number of carbonyl (C=O) groups excluding carboxylic acids is 1. The highest BCUT2D eigenvalue weighted by molar-refractivity contribution is 14.0. The molecule has 0 aromatic heterocycles. The van der Waals surface area contributed by atoms with Gasteiger partial charge in [0.25, 0.3) is 0 Å². The third-order valence-electron chi connectivity index (χ3n) is 6.25. The number of halogens is 1. The standard InChI is InChI=1S/C24H41N5O2.HI/c1-5-24(6-2,21-11-8-7-9-12-21)20-27-23(26-19-22(30)28(3)4)25-13-10-14-29-15-17-31-18-16-29;/h7-9,11-12H,5-6,10,13-20H2,1-4H3,(H2,25,26,27);1H. The second kappa shape index (κ2) is 15.4. The van der Waals surface area contributed by atoms with E-state index in [4.69, 9.17) is 4.74 Å². The van der Waals surface area contributed by atoms with Crippen LogP contribution in [0.4, 0.5) is 0 Å². The van der Waals surface area contributed by atoms with Crippen molar-refractivity contribution in [1.82, 2.24) is 20.4 Å². The van der Waals surface area contributed by atoms with Crippen molar-refractivity contribution in [2.75, 3.05) is 66.6 Å². The summed E-state index contributed by atoms with van der Waals surface area (Å²) >= 11 is 0. The normalized spacial score (nSPS) is 15.1. The van der Waals surface area contributed by atoms with Gasteiger partial charge in [-0.3, -0.25) is 9.69 Å². The van der Waals surface area contributed by atoms with Gasteiger partial charge in [-0.2, -0.15) is 0 Å². The Morgan fingerprint density at radius 2 is 1.78 bits per heavy atom. The molecule has 182 valence electrons. The SMILES string of the molecule is CCC(CC)(CNC(=NCC(=O)N(C)C)NCCCN1CCOCC1)c1ccccc1.I. The van der Waals surface area contributed by atoms with Crippen LogP contribution in [0.25, 0.3) is 0 Å². The molecule has 1 aliphatic rings. The number of rotatable bonds is 11. The molecule has 0 aliphatic carbocycles. The summed E-state index contributed by atoms with van der Waals surface area (Å²) in [6.07, 6.45) is 3.08. The number of hydrogen-bond acceptors (Lipinski definition) is 4. The van der Waals surface area contributed by atoms with Crippen molar-refractivity contribution in [3.8, 4) is 0 Å². The molecule has 1 aromatic carbocycles. The number of guanidine groups is 1. The van der Waals surface area contributed by atoms with Crippen molar-refractivity contribution >= 4 is 35.8 Å². The molecule has 0 radical (unpaired) electrons. The van der Waals surface area contributed by atoms with E-state index in [1.54, 1.807) is 19.0 Å². The van der Waals surface area contributed by atoms with Gasteiger partial charge in [-0.15, -0.1) is 24.0 Å². The molecule has 1 fully saturated rings. The molecule has 7 nitrogen and oxygen atoms in total. The Balaban J connectivity index is 0.00000512. The van der Waals surface area contributed by atoms with Crippen LogP contribution in [0.3, 0.4) is 0 Å². The minimum absolute atomic E-state index is 0. The minimum Gasteiger partial charge on any atom is -0.379 e. The molecule has 2 N–H and O–H groups in total. The Morgan fingerprint density at radius 3 is 2.38 bits per heavy atom. The van der Waals surface area contributed by atoms with Crippen LogP contribution in [0, 0.1) is 0 Å². The number of ether oxygens (including phenoxy) is 1. The number of carbonyl (C=O) groups is 1. The van der Waals surface area contributed by atoms with Gasteiger partial charge >= 0.3 is 0 Å². The maximum Gasteiger partial charge on any atom is 0.243 e. The van der Waals surface area contributed by atoms with Gasteiger partial charge in [-0.25, -0.2) is 4.99 Å². The van der Waals surface area contributed by atoms with Crippen LogP contribution < -0.4 is 10.6 Å². The third-order valence-corrected chi connectivity index (χ3v) is 6.25. The van der Waals surface area contributed by atoms with Crippen LogP contribution in [0.1, 0.15) is 38.7 Å². The molecule has 0 bridgehead atoms. The number of hydrogen-bond donors (Lipinski definition) is 2. The average molecular weight is 560 g/mol. The Hall–Kier alpha value is -1.39. The molecule has 1 saturated heterocycles. The second-order valence-corrected chi connectivity index (χ2v) is 8.39. The summed E-state index contributed by atoms with van der Waals surface area (Å²) in [6.45, 7) is 10.9. The van der Waals surface area contributed by atoms with Crippen molar-refractivity contribution in [3.05, 3.63) is 35.9 Å². The van der Waals surface area contributed by atoms with Gasteiger partial charge in [0.05, 0.1) is 13.2 Å². The second-order valence-electron chi connectivity index (χ2n) is 8.39. The molecule has 0 atom stereocenters. The van der Waals surface area contributed by atoms with E-state index in [1.165, 1.54) is 5.56 Å². The summed E-state index contributed by atoms with van der Waals surface area (Å²) in [6, 6.07) is 10.7. The fourth-order valence-corrected chi connectivity index (χ4v) is 3.85. The van der Waals surface area contributed by atoms with E-state index in [2.05, 4.69) is 64.7 Å². The fourth-order valence-electron chi connectivity index (χ4n) is 3.85. The van der Waals surface area contributed by atoms with Crippen molar-refractivity contribution in [1.29, 1.82) is 0 Å². The first-order chi connectivity index (χ1) is 15.0. The first-order valence-electron chi connectivity index (χ1n) is 11.6. The molecule has 1 aliphatic heterocycles. The first-order valence-corrected chi connectivity index (χ1v) is 11.6. The summed E-state index contributed by atoms with van der Waals surface area (Å²) in [5, 5.41) is 6.96. The Labute approximate surface area is 211 Å². The fraction of sp³-hybridized carbons (Fsp3) is 0.667. The third kappa shape index (κ3) is 9.23. The maximum atomic E-state index is 12.1. The lowest BCUT2D eigenvalue weighted by Crippen LogP contribution is -2.46. The van der Waals surface area contributed by atoms with E-state index in [-0.39, 0.29) is 41.8 Å². The minimum atomic E-state index is -0.00489. The van der Waals surface area contributed by atoms with Gasteiger partial charge in [0.1, 0.15) is 6.54 Å². The topological polar surface area (TPSA) is 69.2 Å². The average Bonchev–Trinajstić information content (AvgIpc) is 2.81. The molecule has 1 amide bonds. The number of morpholine rings is 1. The molecule has 8 heteroatoms. The number of benzene rings is 1. The van der Waals surface area contributed by atoms with Crippen molar-refractivity contribution < 1.29 is 9.53 Å². The Morgan fingerprint density at radius 1 is 1.12 bits per heavy atom. The number of likely N-dealkylation sites (N-methyl/N-ethyl adjacent to an activating group) is 1. The molecule has 32 heavy (non-hydrogen) atoms. The van der Waals surface area contributed by atoms with Crippen molar-refractivity contribution in [2.45, 2.75) is 38.5 Å². The lowest BCUT2D eigenvalue weighted by Gasteiger charge is -2.33. The quantitative estimate of drug-likeness (QED) is 0.189. The molecule has 1 heterocycles. The Bertz CT molecular complexity index is 674. The van der Waals surface area contributed by atoms with Crippen LogP contribution in [-0.4, -0.2) is 88.2 Å². The highest BCUT2D eigenvalue weighted by Gasteiger charge is 2.28. The van der Waals surface area contributed by atoms with Crippen LogP contribution >= 0.6 is 24.0 Å². The van der Waals surface area contributed by atoms with Crippen LogP contribution in [0.15, 0.2) is 35.3 Å². The molecular formula is C24H42IN5O2. The molecule has 2 rings (SSSR count). The lowest BCUT2D eigenvalue weighted by atomic mass is 9.76. The zero-order chi connectivity index (χ0) is 22.5. The summed E-state index contributed by atoms with van der Waals surface area (Å²) in [7, 11) is 3.52. The lowest BCUT2D eigenvalue weighted by molar-refractivity contribution is -0.127. The van der Waals surface area contributed by atoms with E-state index in [1.807, 2.05) is 0 Å². The van der Waals surface area contributed by atoms with Crippen molar-refractivity contribution in [2.24, 2.45) is 4.99 Å². The Kier molecular flexibility index (Phi) is 13.8. The van der Waals surface area contributed by atoms with E-state index in [0.29, 0.717) is 5.96 Å². The van der Waals surface area contributed by atoms with Gasteiger partial charge in [-0.1, -0.05) is 44.2 Å². The molecule has 1 aromatic rings.